The van der Waals surface area contributed by atoms with Crippen molar-refractivity contribution in [1.82, 2.24) is 25.5 Å². The summed E-state index contributed by atoms with van der Waals surface area (Å²) >= 11 is 12.5. The van der Waals surface area contributed by atoms with Crippen LogP contribution in [0, 0.1) is 12.8 Å². The van der Waals surface area contributed by atoms with Crippen LogP contribution in [0.15, 0.2) is 64.9 Å². The molecule has 1 fully saturated rings. The number of rotatable bonds is 11. The molecule has 44 heavy (non-hydrogen) atoms. The molecule has 3 aromatic rings. The molecule has 3 N–H and O–H groups in total. The third-order valence-corrected chi connectivity index (χ3v) is 6.79. The number of hydrogen-bond donors (Lipinski definition) is 3. The molecule has 0 atom stereocenters. The number of aryl methyl sites for hydroxylation is 1. The lowest BCUT2D eigenvalue weighted by atomic mass is 10.1. The zero-order chi connectivity index (χ0) is 32.2. The number of carbonyl (C=O) groups is 2. The minimum Gasteiger partial charge on any atom is -0.352 e. The number of nitrogens with one attached hydrogen (secondary N) is 3. The maximum atomic E-state index is 13.6. The molecule has 17 heteroatoms. The Morgan fingerprint density at radius 3 is 2.52 bits per heavy atom. The third kappa shape index (κ3) is 7.41. The SMILES string of the molecule is C=C=C(NN=NCc1cc(C(=O)Nc2c(C)cc(Cl)cc2C(=O)NCC2CC2)n(-c2ncccc2Cl)n1)C(F)(F)C(F)(F)F. The largest absolute Gasteiger partial charge is 0.460 e. The van der Waals surface area contributed by atoms with Gasteiger partial charge >= 0.3 is 12.1 Å². The fourth-order valence-corrected chi connectivity index (χ4v) is 4.31. The van der Waals surface area contributed by atoms with E-state index in [0.717, 1.165) is 17.5 Å². The fourth-order valence-electron chi connectivity index (χ4n) is 3.84. The number of nitrogens with zero attached hydrogens (tertiary/aromatic N) is 5. The number of anilines is 1. The molecule has 0 unspecified atom stereocenters. The summed E-state index contributed by atoms with van der Waals surface area (Å²) in [6.45, 7) is 4.48. The lowest BCUT2D eigenvalue weighted by Gasteiger charge is -2.19. The van der Waals surface area contributed by atoms with Crippen molar-refractivity contribution >= 4 is 40.7 Å². The lowest BCUT2D eigenvalue weighted by molar-refractivity contribution is -0.266. The fraction of sp³-hybridized carbons (Fsp3) is 0.296. The summed E-state index contributed by atoms with van der Waals surface area (Å²) in [6, 6.07) is 7.28. The molecule has 4 rings (SSSR count). The topological polar surface area (TPSA) is 126 Å². The highest BCUT2D eigenvalue weighted by atomic mass is 35.5. The maximum absolute atomic E-state index is 13.6. The van der Waals surface area contributed by atoms with Crippen LogP contribution in [-0.4, -0.2) is 45.2 Å². The minimum absolute atomic E-state index is 0.0318. The van der Waals surface area contributed by atoms with E-state index in [1.54, 1.807) is 19.1 Å². The normalized spacial score (nSPS) is 13.5. The Kier molecular flexibility index (Phi) is 9.72. The first kappa shape index (κ1) is 32.6. The Morgan fingerprint density at radius 1 is 1.16 bits per heavy atom. The van der Waals surface area contributed by atoms with Gasteiger partial charge < -0.3 is 10.6 Å². The highest BCUT2D eigenvalue weighted by Crippen LogP contribution is 2.39. The van der Waals surface area contributed by atoms with Crippen LogP contribution in [-0.2, 0) is 6.54 Å². The van der Waals surface area contributed by atoms with E-state index in [4.69, 9.17) is 23.2 Å². The lowest BCUT2D eigenvalue weighted by Crippen LogP contribution is -2.41. The van der Waals surface area contributed by atoms with E-state index in [1.165, 1.54) is 35.6 Å². The van der Waals surface area contributed by atoms with Crippen LogP contribution in [0.1, 0.15) is 44.9 Å². The summed E-state index contributed by atoms with van der Waals surface area (Å²) in [7, 11) is 0. The van der Waals surface area contributed by atoms with Crippen LogP contribution < -0.4 is 16.1 Å². The molecule has 0 aliphatic heterocycles. The van der Waals surface area contributed by atoms with Gasteiger partial charge in [0.25, 0.3) is 11.8 Å². The van der Waals surface area contributed by atoms with Crippen LogP contribution in [0.2, 0.25) is 10.0 Å². The Morgan fingerprint density at radius 2 is 1.89 bits per heavy atom. The van der Waals surface area contributed by atoms with E-state index in [1.807, 2.05) is 0 Å². The molecule has 1 aromatic carbocycles. The second kappa shape index (κ2) is 13.1. The molecule has 2 amide bonds. The van der Waals surface area contributed by atoms with Gasteiger partial charge in [0.05, 0.1) is 22.0 Å². The summed E-state index contributed by atoms with van der Waals surface area (Å²) in [5, 5.41) is 16.9. The molecule has 1 saturated carbocycles. The highest BCUT2D eigenvalue weighted by molar-refractivity contribution is 6.32. The number of alkyl halides is 5. The number of benzene rings is 1. The standard InChI is InChI=1S/C27H23Cl2F5N8O2/c1-3-21(26(30,31)27(32,33)34)39-41-37-13-17-11-20(42(40-17)23-19(29)5-4-8-35-23)25(44)38-22-14(2)9-16(28)10-18(22)24(43)36-12-15-6-7-15/h4-5,8-11,15H,1,6-7,12-13H2,2H3,(H,36,43)(H,37,39)(H,38,44). The molecule has 0 radical (unpaired) electrons. The van der Waals surface area contributed by atoms with Gasteiger partial charge in [-0.3, -0.25) is 15.0 Å². The molecule has 0 bridgehead atoms. The summed E-state index contributed by atoms with van der Waals surface area (Å²) in [4.78, 5) is 30.7. The molecule has 2 aromatic heterocycles. The first-order valence-electron chi connectivity index (χ1n) is 12.8. The van der Waals surface area contributed by atoms with Crippen molar-refractivity contribution in [3.05, 3.63) is 87.1 Å². The second-order valence-corrected chi connectivity index (χ2v) is 10.5. The highest BCUT2D eigenvalue weighted by Gasteiger charge is 2.60. The number of amides is 2. The quantitative estimate of drug-likeness (QED) is 0.0928. The van der Waals surface area contributed by atoms with Gasteiger partial charge in [0.2, 0.25) is 0 Å². The molecule has 1 aliphatic carbocycles. The van der Waals surface area contributed by atoms with Crippen molar-refractivity contribution in [2.24, 2.45) is 16.3 Å². The van der Waals surface area contributed by atoms with Crippen LogP contribution >= 0.6 is 23.2 Å². The van der Waals surface area contributed by atoms with Gasteiger partial charge in [0.15, 0.2) is 11.5 Å². The van der Waals surface area contributed by atoms with Gasteiger partial charge in [-0.25, -0.2) is 9.67 Å². The number of aromatic nitrogens is 3. The van der Waals surface area contributed by atoms with Gasteiger partial charge in [-0.15, -0.1) is 0 Å². The Bertz CT molecular complexity index is 1660. The summed E-state index contributed by atoms with van der Waals surface area (Å²) in [6.07, 6.45) is -2.49. The molecule has 0 saturated heterocycles. The van der Waals surface area contributed by atoms with Gasteiger partial charge in [-0.05, 0) is 61.6 Å². The van der Waals surface area contributed by atoms with E-state index in [9.17, 15) is 31.5 Å². The molecular weight excluding hydrogens is 634 g/mol. The van der Waals surface area contributed by atoms with Crippen molar-refractivity contribution in [1.29, 1.82) is 0 Å². The number of allylic oxidation sites excluding steroid dienone is 1. The number of hydrogen-bond acceptors (Lipinski definition) is 6. The molecule has 0 spiro atoms. The van der Waals surface area contributed by atoms with Crippen molar-refractivity contribution in [2.45, 2.75) is 38.4 Å². The summed E-state index contributed by atoms with van der Waals surface area (Å²) in [5.74, 6) is -6.04. The predicted molar refractivity (Wildman–Crippen MR) is 151 cm³/mol. The number of halogens is 7. The van der Waals surface area contributed by atoms with Crippen LogP contribution in [0.5, 0.6) is 0 Å². The molecular formula is C27H23Cl2F5N8O2. The Balaban J connectivity index is 1.62. The van der Waals surface area contributed by atoms with Crippen LogP contribution in [0.4, 0.5) is 27.6 Å². The van der Waals surface area contributed by atoms with Crippen molar-refractivity contribution in [2.75, 3.05) is 11.9 Å². The van der Waals surface area contributed by atoms with Crippen molar-refractivity contribution < 1.29 is 31.5 Å². The van der Waals surface area contributed by atoms with Crippen molar-refractivity contribution in [3.8, 4) is 5.82 Å². The van der Waals surface area contributed by atoms with E-state index in [2.05, 4.69) is 37.6 Å². The van der Waals surface area contributed by atoms with Gasteiger partial charge in [-0.1, -0.05) is 40.7 Å². The van der Waals surface area contributed by atoms with E-state index in [-0.39, 0.29) is 38.5 Å². The predicted octanol–water partition coefficient (Wildman–Crippen LogP) is 6.60. The summed E-state index contributed by atoms with van der Waals surface area (Å²) < 4.78 is 66.2. The van der Waals surface area contributed by atoms with Crippen LogP contribution in [0.25, 0.3) is 5.82 Å². The molecule has 10 nitrogen and oxygen atoms in total. The zero-order valence-electron chi connectivity index (χ0n) is 22.8. The maximum Gasteiger partial charge on any atom is 0.460 e. The summed E-state index contributed by atoms with van der Waals surface area (Å²) in [5.41, 5.74) is 1.91. The zero-order valence-corrected chi connectivity index (χ0v) is 24.3. The third-order valence-electron chi connectivity index (χ3n) is 6.28. The first-order valence-corrected chi connectivity index (χ1v) is 13.6. The second-order valence-electron chi connectivity index (χ2n) is 9.63. The Hall–Kier alpha value is -4.33. The van der Waals surface area contributed by atoms with E-state index >= 15 is 0 Å². The first-order chi connectivity index (χ1) is 20.7. The van der Waals surface area contributed by atoms with Crippen molar-refractivity contribution in [3.63, 3.8) is 0 Å². The van der Waals surface area contributed by atoms with Crippen LogP contribution in [0.3, 0.4) is 0 Å². The number of carbonyl (C=O) groups excluding carboxylic acids is 2. The van der Waals surface area contributed by atoms with Gasteiger partial charge in [0.1, 0.15) is 12.2 Å². The average Bonchev–Trinajstić information content (AvgIpc) is 3.69. The Labute approximate surface area is 257 Å². The smallest absolute Gasteiger partial charge is 0.352 e. The minimum atomic E-state index is -5.92. The average molecular weight is 657 g/mol. The van der Waals surface area contributed by atoms with E-state index < -0.39 is 36.2 Å². The molecule has 232 valence electrons. The number of pyridine rings is 1. The van der Waals surface area contributed by atoms with Gasteiger partial charge in [-0.2, -0.15) is 32.2 Å². The van der Waals surface area contributed by atoms with Gasteiger partial charge in [0, 0.05) is 17.8 Å². The molecule has 1 aliphatic rings. The molecule has 2 heterocycles. The van der Waals surface area contributed by atoms with E-state index in [0.29, 0.717) is 18.0 Å². The monoisotopic (exact) mass is 656 g/mol.